The Kier molecular flexibility index (Phi) is 1260000. The molecule has 0 aromatic rings. The largest absolute Gasteiger partial charge is 0.307 e. The first kappa shape index (κ1) is 20.1. The molecule has 0 aliphatic rings. The zero-order valence-corrected chi connectivity index (χ0v) is 4.96. The Balaban J connectivity index is -0.0000000133. The second-order valence-corrected chi connectivity index (χ2v) is 0. The van der Waals surface area contributed by atoms with Gasteiger partial charge in [0.25, 0.3) is 0 Å². The fraction of sp³-hybridized carbons (Fsp3) is 0. The predicted octanol–water partition coefficient (Wildman–Crippen LogP) is -0.372. The molecule has 0 aromatic carbocycles. The summed E-state index contributed by atoms with van der Waals surface area (Å²) in [4.78, 5) is 16.0. The minimum atomic E-state index is 0. The molecule has 0 aliphatic carbocycles. The van der Waals surface area contributed by atoms with Crippen LogP contribution in [0.4, 0.5) is 0 Å². The Hall–Kier alpha value is -0.0106. The van der Waals surface area contributed by atoms with Crippen LogP contribution in [0.2, 0.25) is 0 Å². The van der Waals surface area contributed by atoms with Crippen molar-refractivity contribution in [3.05, 3.63) is 0 Å². The molecule has 0 fully saturated rings. The van der Waals surface area contributed by atoms with Crippen molar-refractivity contribution in [1.29, 1.82) is 0 Å². The average molecular weight is 252 g/mol. The topological polar surface area (TPSA) is 34.1 Å². The van der Waals surface area contributed by atoms with Crippen LogP contribution in [-0.2, 0) is 29.7 Å². The minimum absolute atomic E-state index is 0. The number of rotatable bonds is 0. The van der Waals surface area contributed by atoms with Crippen LogP contribution in [0.3, 0.4) is 0 Å². The standard InChI is InChI=1S/2CH2O.Ir/c2*1-2;/h2*1H2;. The van der Waals surface area contributed by atoms with Crippen molar-refractivity contribution < 1.29 is 29.7 Å². The first-order chi connectivity index (χ1) is 2.00. The molecule has 0 bridgehead atoms. The fourth-order valence-electron chi connectivity index (χ4n) is 0. The minimum Gasteiger partial charge on any atom is -0.307 e. The number of hydrogen-bond acceptors (Lipinski definition) is 2. The summed E-state index contributed by atoms with van der Waals surface area (Å²) in [6, 6.07) is 0. The molecule has 0 unspecified atom stereocenters. The quantitative estimate of drug-likeness (QED) is 0.589. The summed E-state index contributed by atoms with van der Waals surface area (Å²) in [6.07, 6.45) is 0. The molecule has 0 amide bonds. The molecule has 0 spiro atoms. The van der Waals surface area contributed by atoms with Gasteiger partial charge >= 0.3 is 0 Å². The summed E-state index contributed by atoms with van der Waals surface area (Å²) >= 11 is 0. The van der Waals surface area contributed by atoms with E-state index < -0.39 is 0 Å². The van der Waals surface area contributed by atoms with E-state index in [1.54, 1.807) is 0 Å². The molecule has 33 valence electrons. The van der Waals surface area contributed by atoms with Crippen LogP contribution in [0, 0.1) is 0 Å². The van der Waals surface area contributed by atoms with Crippen LogP contribution < -0.4 is 0 Å². The third kappa shape index (κ3) is 139000. The summed E-state index contributed by atoms with van der Waals surface area (Å²) in [7, 11) is 0. The Bertz CT molecular complexity index is 9.61. The second-order valence-electron chi connectivity index (χ2n) is 0. The number of carbonyl (C=O) groups excluding carboxylic acids is 2. The third-order valence-electron chi connectivity index (χ3n) is 0. The number of carbonyl (C=O) groups is 2. The van der Waals surface area contributed by atoms with Gasteiger partial charge in [-0.05, 0) is 0 Å². The van der Waals surface area contributed by atoms with Gasteiger partial charge in [-0.2, -0.15) is 0 Å². The molecule has 0 saturated heterocycles. The molecule has 5 heavy (non-hydrogen) atoms. The van der Waals surface area contributed by atoms with Crippen molar-refractivity contribution in [2.45, 2.75) is 0 Å². The summed E-state index contributed by atoms with van der Waals surface area (Å²) in [5.41, 5.74) is 0. The van der Waals surface area contributed by atoms with Crippen LogP contribution in [-0.4, -0.2) is 13.6 Å². The third-order valence-corrected chi connectivity index (χ3v) is 0. The van der Waals surface area contributed by atoms with E-state index in [9.17, 15) is 0 Å². The van der Waals surface area contributed by atoms with E-state index in [1.807, 2.05) is 13.6 Å². The van der Waals surface area contributed by atoms with Crippen LogP contribution in [0.15, 0.2) is 0 Å². The van der Waals surface area contributed by atoms with E-state index in [4.69, 9.17) is 9.59 Å². The van der Waals surface area contributed by atoms with Gasteiger partial charge in [0, 0.05) is 20.1 Å². The molecule has 0 atom stereocenters. The molecule has 0 heterocycles. The van der Waals surface area contributed by atoms with Gasteiger partial charge in [0.15, 0.2) is 0 Å². The maximum Gasteiger partial charge on any atom is 0.106 e. The van der Waals surface area contributed by atoms with Crippen LogP contribution in [0.25, 0.3) is 0 Å². The molecule has 0 aromatic heterocycles. The zero-order valence-electron chi connectivity index (χ0n) is 2.56. The molecule has 3 heteroatoms. The first-order valence-corrected chi connectivity index (χ1v) is 0.577. The Morgan fingerprint density at radius 2 is 0.800 bits per heavy atom. The molecular formula is C2H4IrO2. The van der Waals surface area contributed by atoms with Gasteiger partial charge in [-0.25, -0.2) is 0 Å². The maximum atomic E-state index is 8.00. The monoisotopic (exact) mass is 253 g/mol. The van der Waals surface area contributed by atoms with Crippen molar-refractivity contribution in [3.8, 4) is 0 Å². The summed E-state index contributed by atoms with van der Waals surface area (Å²) in [5, 5.41) is 0. The molecular weight excluding hydrogens is 248 g/mol. The maximum absolute atomic E-state index is 8.00. The summed E-state index contributed by atoms with van der Waals surface area (Å²) < 4.78 is 0. The summed E-state index contributed by atoms with van der Waals surface area (Å²) in [6.45, 7) is 4.00. The van der Waals surface area contributed by atoms with E-state index >= 15 is 0 Å². The van der Waals surface area contributed by atoms with Gasteiger partial charge in [0.2, 0.25) is 0 Å². The van der Waals surface area contributed by atoms with Crippen molar-refractivity contribution in [1.82, 2.24) is 0 Å². The molecule has 2 nitrogen and oxygen atoms in total. The first-order valence-electron chi connectivity index (χ1n) is 0.577. The van der Waals surface area contributed by atoms with Crippen molar-refractivity contribution in [2.75, 3.05) is 0 Å². The SMILES string of the molecule is C=O.C=O.[Ir]. The van der Waals surface area contributed by atoms with Crippen LogP contribution in [0.1, 0.15) is 0 Å². The van der Waals surface area contributed by atoms with Gasteiger partial charge in [0.05, 0.1) is 0 Å². The molecule has 0 rings (SSSR count). The summed E-state index contributed by atoms with van der Waals surface area (Å²) in [5.74, 6) is 0. The van der Waals surface area contributed by atoms with E-state index in [1.165, 1.54) is 0 Å². The second kappa shape index (κ2) is 314000. The van der Waals surface area contributed by atoms with Crippen molar-refractivity contribution >= 4 is 13.6 Å². The normalized spacial score (nSPS) is 1.60. The van der Waals surface area contributed by atoms with Gasteiger partial charge in [-0.1, -0.05) is 0 Å². The molecule has 0 saturated carbocycles. The molecule has 0 N–H and O–H groups in total. The smallest absolute Gasteiger partial charge is 0.106 e. The Morgan fingerprint density at radius 1 is 0.800 bits per heavy atom. The molecule has 1 radical (unpaired) electrons. The number of hydrogen-bond donors (Lipinski definition) is 0. The van der Waals surface area contributed by atoms with E-state index in [2.05, 4.69) is 0 Å². The van der Waals surface area contributed by atoms with Crippen LogP contribution >= 0.6 is 0 Å². The van der Waals surface area contributed by atoms with E-state index in [0.29, 0.717) is 0 Å². The van der Waals surface area contributed by atoms with Crippen molar-refractivity contribution in [3.63, 3.8) is 0 Å². The Morgan fingerprint density at radius 3 is 0.800 bits per heavy atom. The fourth-order valence-corrected chi connectivity index (χ4v) is 0. The van der Waals surface area contributed by atoms with Crippen molar-refractivity contribution in [2.24, 2.45) is 0 Å². The van der Waals surface area contributed by atoms with Gasteiger partial charge in [-0.3, -0.25) is 0 Å². The van der Waals surface area contributed by atoms with E-state index in [-0.39, 0.29) is 20.1 Å². The predicted molar refractivity (Wildman–Crippen MR) is 14.2 cm³/mol. The molecule has 0 aliphatic heterocycles. The zero-order chi connectivity index (χ0) is 4.00. The van der Waals surface area contributed by atoms with E-state index in [0.717, 1.165) is 0 Å². The van der Waals surface area contributed by atoms with Gasteiger partial charge < -0.3 is 9.59 Å². The van der Waals surface area contributed by atoms with Gasteiger partial charge in [0.1, 0.15) is 13.6 Å². The average Bonchev–Trinajstić information content (AvgIpc) is 1.50. The van der Waals surface area contributed by atoms with Gasteiger partial charge in [-0.15, -0.1) is 0 Å². The van der Waals surface area contributed by atoms with Crippen LogP contribution in [0.5, 0.6) is 0 Å². The Labute approximate surface area is 43.9 Å².